The van der Waals surface area contributed by atoms with E-state index in [1.54, 1.807) is 0 Å². The highest BCUT2D eigenvalue weighted by Crippen LogP contribution is 2.25. The molecule has 0 saturated carbocycles. The fourth-order valence-electron chi connectivity index (χ4n) is 2.16. The van der Waals surface area contributed by atoms with Crippen LogP contribution in [0.1, 0.15) is 50.5 Å². The van der Waals surface area contributed by atoms with E-state index in [2.05, 4.69) is 23.8 Å². The van der Waals surface area contributed by atoms with Gasteiger partial charge in [0.1, 0.15) is 5.82 Å². The van der Waals surface area contributed by atoms with Crippen molar-refractivity contribution in [3.8, 4) is 0 Å². The summed E-state index contributed by atoms with van der Waals surface area (Å²) in [5.41, 5.74) is 7.12. The highest BCUT2D eigenvalue weighted by Gasteiger charge is 2.18. The Bertz CT molecular complexity index is 348. The fourth-order valence-corrected chi connectivity index (χ4v) is 2.16. The van der Waals surface area contributed by atoms with Crippen LogP contribution >= 0.6 is 0 Å². The van der Waals surface area contributed by atoms with Gasteiger partial charge in [0.05, 0.1) is 0 Å². The topological polar surface area (TPSA) is 63.9 Å². The van der Waals surface area contributed by atoms with E-state index in [4.69, 9.17) is 10.5 Å². The van der Waals surface area contributed by atoms with Crippen molar-refractivity contribution in [1.29, 1.82) is 0 Å². The zero-order valence-electron chi connectivity index (χ0n) is 10.8. The van der Waals surface area contributed by atoms with Crippen LogP contribution in [-0.4, -0.2) is 28.7 Å². The molecule has 1 saturated heterocycles. The molecule has 2 heterocycles. The van der Waals surface area contributed by atoms with Gasteiger partial charge in [-0.1, -0.05) is 0 Å². The summed E-state index contributed by atoms with van der Waals surface area (Å²) in [4.78, 5) is 7.88. The number of aryl methyl sites for hydroxylation is 1. The zero-order valence-corrected chi connectivity index (χ0v) is 10.8. The van der Waals surface area contributed by atoms with Crippen LogP contribution in [0.5, 0.6) is 0 Å². The maximum atomic E-state index is 5.97. The Labute approximate surface area is 103 Å². The van der Waals surface area contributed by atoms with Gasteiger partial charge in [0, 0.05) is 43.0 Å². The van der Waals surface area contributed by atoms with Gasteiger partial charge in [0.25, 0.3) is 0 Å². The van der Waals surface area contributed by atoms with Gasteiger partial charge in [0.2, 0.25) is 0 Å². The molecule has 1 fully saturated rings. The smallest absolute Gasteiger partial charge is 0.106 e. The van der Waals surface area contributed by atoms with Gasteiger partial charge in [-0.25, -0.2) is 4.98 Å². The first-order valence-electron chi connectivity index (χ1n) is 6.45. The third kappa shape index (κ3) is 3.82. The summed E-state index contributed by atoms with van der Waals surface area (Å²) in [6, 6.07) is 0. The van der Waals surface area contributed by atoms with Gasteiger partial charge < -0.3 is 15.5 Å². The summed E-state index contributed by atoms with van der Waals surface area (Å²) in [7, 11) is 0. The molecule has 0 unspecified atom stereocenters. The number of imidazole rings is 1. The van der Waals surface area contributed by atoms with Crippen LogP contribution in [0, 0.1) is 0 Å². The van der Waals surface area contributed by atoms with Crippen molar-refractivity contribution in [2.24, 2.45) is 5.73 Å². The van der Waals surface area contributed by atoms with E-state index in [0.29, 0.717) is 5.92 Å². The Balaban J connectivity index is 1.91. The molecule has 4 heteroatoms. The van der Waals surface area contributed by atoms with Gasteiger partial charge in [-0.2, -0.15) is 0 Å². The summed E-state index contributed by atoms with van der Waals surface area (Å²) in [5.74, 6) is 1.65. The molecule has 0 amide bonds. The van der Waals surface area contributed by atoms with Crippen molar-refractivity contribution in [2.45, 2.75) is 51.0 Å². The number of hydrogen-bond donors (Lipinski definition) is 2. The number of aromatic amines is 1. The molecule has 0 bridgehead atoms. The van der Waals surface area contributed by atoms with E-state index in [9.17, 15) is 0 Å². The van der Waals surface area contributed by atoms with Gasteiger partial charge >= 0.3 is 0 Å². The molecular weight excluding hydrogens is 214 g/mol. The number of H-pyrrole nitrogens is 1. The summed E-state index contributed by atoms with van der Waals surface area (Å²) in [5, 5.41) is 0. The highest BCUT2D eigenvalue weighted by molar-refractivity contribution is 5.08. The molecule has 3 N–H and O–H groups in total. The van der Waals surface area contributed by atoms with Crippen molar-refractivity contribution in [2.75, 3.05) is 13.2 Å². The number of aromatic nitrogens is 2. The lowest BCUT2D eigenvalue weighted by atomic mass is 9.97. The lowest BCUT2D eigenvalue weighted by molar-refractivity contribution is 0.0845. The Kier molecular flexibility index (Phi) is 3.84. The van der Waals surface area contributed by atoms with Crippen LogP contribution in [0.4, 0.5) is 0 Å². The Morgan fingerprint density at radius 2 is 2.18 bits per heavy atom. The number of nitrogens with two attached hydrogens (primary N) is 1. The third-order valence-electron chi connectivity index (χ3n) is 3.32. The van der Waals surface area contributed by atoms with E-state index in [1.807, 2.05) is 6.20 Å². The van der Waals surface area contributed by atoms with Gasteiger partial charge in [-0.3, -0.25) is 0 Å². The molecule has 1 aromatic rings. The summed E-state index contributed by atoms with van der Waals surface area (Å²) in [6.45, 7) is 5.84. The largest absolute Gasteiger partial charge is 0.381 e. The van der Waals surface area contributed by atoms with Crippen molar-refractivity contribution in [3.05, 3.63) is 17.7 Å². The van der Waals surface area contributed by atoms with Crippen LogP contribution in [0.25, 0.3) is 0 Å². The molecule has 96 valence electrons. The monoisotopic (exact) mass is 237 g/mol. The first-order valence-corrected chi connectivity index (χ1v) is 6.45. The van der Waals surface area contributed by atoms with Crippen molar-refractivity contribution >= 4 is 0 Å². The molecule has 0 atom stereocenters. The van der Waals surface area contributed by atoms with Crippen molar-refractivity contribution in [3.63, 3.8) is 0 Å². The van der Waals surface area contributed by atoms with Crippen molar-refractivity contribution < 1.29 is 4.74 Å². The minimum atomic E-state index is -0.119. The maximum Gasteiger partial charge on any atom is 0.106 e. The SMILES string of the molecule is CC(C)(N)CCc1ncc(C2CCOCC2)[nH]1. The maximum absolute atomic E-state index is 5.97. The molecule has 1 aliphatic heterocycles. The number of nitrogens with zero attached hydrogens (tertiary/aromatic N) is 1. The van der Waals surface area contributed by atoms with Crippen LogP contribution in [0.3, 0.4) is 0 Å². The second-order valence-electron chi connectivity index (χ2n) is 5.66. The third-order valence-corrected chi connectivity index (χ3v) is 3.32. The van der Waals surface area contributed by atoms with Gasteiger partial charge in [0.15, 0.2) is 0 Å². The van der Waals surface area contributed by atoms with Crippen LogP contribution in [-0.2, 0) is 11.2 Å². The van der Waals surface area contributed by atoms with E-state index in [-0.39, 0.29) is 5.54 Å². The first kappa shape index (κ1) is 12.6. The quantitative estimate of drug-likeness (QED) is 0.841. The van der Waals surface area contributed by atoms with E-state index < -0.39 is 0 Å². The molecule has 1 aromatic heterocycles. The molecule has 4 nitrogen and oxygen atoms in total. The zero-order chi connectivity index (χ0) is 12.3. The van der Waals surface area contributed by atoms with E-state index in [1.165, 1.54) is 5.69 Å². The number of rotatable bonds is 4. The second-order valence-corrected chi connectivity index (χ2v) is 5.66. The Morgan fingerprint density at radius 1 is 1.47 bits per heavy atom. The average Bonchev–Trinajstić information content (AvgIpc) is 2.75. The predicted octanol–water partition coefficient (Wildman–Crippen LogP) is 1.97. The molecule has 2 rings (SSSR count). The van der Waals surface area contributed by atoms with E-state index in [0.717, 1.165) is 44.7 Å². The van der Waals surface area contributed by atoms with Crippen LogP contribution in [0.2, 0.25) is 0 Å². The number of ether oxygens (including phenoxy) is 1. The Morgan fingerprint density at radius 3 is 2.82 bits per heavy atom. The van der Waals surface area contributed by atoms with Gasteiger partial charge in [-0.15, -0.1) is 0 Å². The molecule has 0 aromatic carbocycles. The molecule has 17 heavy (non-hydrogen) atoms. The molecule has 0 spiro atoms. The van der Waals surface area contributed by atoms with Crippen LogP contribution < -0.4 is 5.73 Å². The summed E-state index contributed by atoms with van der Waals surface area (Å²) < 4.78 is 5.37. The molecule has 1 aliphatic rings. The number of hydrogen-bond acceptors (Lipinski definition) is 3. The van der Waals surface area contributed by atoms with Crippen molar-refractivity contribution in [1.82, 2.24) is 9.97 Å². The lowest BCUT2D eigenvalue weighted by Crippen LogP contribution is -2.32. The van der Waals surface area contributed by atoms with E-state index >= 15 is 0 Å². The predicted molar refractivity (Wildman–Crippen MR) is 68.0 cm³/mol. The average molecular weight is 237 g/mol. The lowest BCUT2D eigenvalue weighted by Gasteiger charge is -2.20. The summed E-state index contributed by atoms with van der Waals surface area (Å²) >= 11 is 0. The molecule has 0 radical (unpaired) electrons. The standard InChI is InChI=1S/C13H23N3O/c1-13(2,14)6-3-12-15-9-11(16-12)10-4-7-17-8-5-10/h9-10H,3-8,14H2,1-2H3,(H,15,16). The highest BCUT2D eigenvalue weighted by atomic mass is 16.5. The molecule has 0 aliphatic carbocycles. The fraction of sp³-hybridized carbons (Fsp3) is 0.769. The Hall–Kier alpha value is -0.870. The first-order chi connectivity index (χ1) is 8.04. The molecular formula is C13H23N3O. The minimum Gasteiger partial charge on any atom is -0.381 e. The number of nitrogens with one attached hydrogen (secondary N) is 1. The normalized spacial score (nSPS) is 18.5. The summed E-state index contributed by atoms with van der Waals surface area (Å²) in [6.07, 6.45) is 6.06. The second kappa shape index (κ2) is 5.19. The van der Waals surface area contributed by atoms with Gasteiger partial charge in [-0.05, 0) is 33.1 Å². The minimum absolute atomic E-state index is 0.119. The van der Waals surface area contributed by atoms with Crippen LogP contribution in [0.15, 0.2) is 6.20 Å².